The van der Waals surface area contributed by atoms with Gasteiger partial charge in [0, 0.05) is 33.2 Å². The highest BCUT2D eigenvalue weighted by molar-refractivity contribution is 6.28. The van der Waals surface area contributed by atoms with Crippen molar-refractivity contribution in [2.45, 2.75) is 6.92 Å². The van der Waals surface area contributed by atoms with Crippen molar-refractivity contribution in [1.82, 2.24) is 19.9 Å². The lowest BCUT2D eigenvalue weighted by atomic mass is 10.3. The molecule has 1 N–H and O–H groups in total. The first kappa shape index (κ1) is 14.6. The number of hydrogen-bond donors (Lipinski definition) is 1. The van der Waals surface area contributed by atoms with E-state index in [1.807, 2.05) is 4.90 Å². The van der Waals surface area contributed by atoms with Crippen LogP contribution in [0.3, 0.4) is 0 Å². The zero-order valence-corrected chi connectivity index (χ0v) is 12.2. The summed E-state index contributed by atoms with van der Waals surface area (Å²) >= 11 is 5.85. The molecular formula is C11H17ClN6O2. The summed E-state index contributed by atoms with van der Waals surface area (Å²) in [5, 5.41) is 2.98. The molecule has 1 aliphatic heterocycles. The molecule has 2 rings (SSSR count). The standard InChI is InChI=1S/C11H17ClN6O2/c1-3-20-11(19)18-6-4-17(5-7-18)10-15-8(12)14-9(13-2)16-10/h3-7H2,1-2H3,(H,13,14,15,16). The van der Waals surface area contributed by atoms with Gasteiger partial charge in [-0.1, -0.05) is 0 Å². The molecule has 9 heteroatoms. The predicted octanol–water partition coefficient (Wildman–Crippen LogP) is 0.845. The Balaban J connectivity index is 2.00. The predicted molar refractivity (Wildman–Crippen MR) is 75.2 cm³/mol. The molecule has 0 unspecified atom stereocenters. The molecule has 2 heterocycles. The fourth-order valence-corrected chi connectivity index (χ4v) is 2.05. The Hall–Kier alpha value is -1.83. The van der Waals surface area contributed by atoms with Crippen LogP contribution in [0.4, 0.5) is 16.7 Å². The number of aromatic nitrogens is 3. The summed E-state index contributed by atoms with van der Waals surface area (Å²) in [4.78, 5) is 27.5. The zero-order valence-electron chi connectivity index (χ0n) is 11.5. The molecular weight excluding hydrogens is 284 g/mol. The van der Waals surface area contributed by atoms with Crippen molar-refractivity contribution in [3.05, 3.63) is 5.28 Å². The first-order chi connectivity index (χ1) is 9.63. The number of anilines is 2. The van der Waals surface area contributed by atoms with Crippen LogP contribution >= 0.6 is 11.6 Å². The van der Waals surface area contributed by atoms with Crippen LogP contribution in [0.2, 0.25) is 5.28 Å². The SMILES string of the molecule is CCOC(=O)N1CCN(c2nc(Cl)nc(NC)n2)CC1. The van der Waals surface area contributed by atoms with E-state index < -0.39 is 0 Å². The Morgan fingerprint density at radius 3 is 2.60 bits per heavy atom. The van der Waals surface area contributed by atoms with Crippen LogP contribution in [0.1, 0.15) is 6.92 Å². The summed E-state index contributed by atoms with van der Waals surface area (Å²) in [6.45, 7) is 4.56. The second kappa shape index (κ2) is 6.56. The summed E-state index contributed by atoms with van der Waals surface area (Å²) in [6, 6.07) is 0. The van der Waals surface area contributed by atoms with Crippen LogP contribution < -0.4 is 10.2 Å². The first-order valence-corrected chi connectivity index (χ1v) is 6.77. The van der Waals surface area contributed by atoms with Gasteiger partial charge in [0.25, 0.3) is 0 Å². The number of amides is 1. The largest absolute Gasteiger partial charge is 0.450 e. The maximum Gasteiger partial charge on any atom is 0.409 e. The lowest BCUT2D eigenvalue weighted by molar-refractivity contribution is 0.105. The number of rotatable bonds is 3. The number of hydrogen-bond acceptors (Lipinski definition) is 7. The summed E-state index contributed by atoms with van der Waals surface area (Å²) in [5.41, 5.74) is 0. The van der Waals surface area contributed by atoms with Gasteiger partial charge in [0.05, 0.1) is 6.61 Å². The van der Waals surface area contributed by atoms with Crippen molar-refractivity contribution in [2.75, 3.05) is 50.1 Å². The number of carbonyl (C=O) groups excluding carboxylic acids is 1. The fourth-order valence-electron chi connectivity index (χ4n) is 1.90. The highest BCUT2D eigenvalue weighted by Crippen LogP contribution is 2.15. The maximum atomic E-state index is 11.6. The zero-order chi connectivity index (χ0) is 14.5. The Kier molecular flexibility index (Phi) is 4.78. The third kappa shape index (κ3) is 3.38. The van der Waals surface area contributed by atoms with Crippen LogP contribution in [0.15, 0.2) is 0 Å². The summed E-state index contributed by atoms with van der Waals surface area (Å²) in [5.74, 6) is 0.936. The van der Waals surface area contributed by atoms with Gasteiger partial charge in [-0.25, -0.2) is 4.79 Å². The van der Waals surface area contributed by atoms with E-state index in [1.165, 1.54) is 0 Å². The lowest BCUT2D eigenvalue weighted by Gasteiger charge is -2.33. The molecule has 0 bridgehead atoms. The van der Waals surface area contributed by atoms with E-state index in [0.29, 0.717) is 44.7 Å². The minimum absolute atomic E-state index is 0.146. The van der Waals surface area contributed by atoms with Crippen molar-refractivity contribution in [3.8, 4) is 0 Å². The molecule has 1 aromatic heterocycles. The molecule has 8 nitrogen and oxygen atoms in total. The highest BCUT2D eigenvalue weighted by atomic mass is 35.5. The van der Waals surface area contributed by atoms with E-state index in [0.717, 1.165) is 0 Å². The average Bonchev–Trinajstić information content (AvgIpc) is 2.47. The molecule has 0 radical (unpaired) electrons. The molecule has 0 spiro atoms. The number of nitrogens with one attached hydrogen (secondary N) is 1. The molecule has 1 fully saturated rings. The topological polar surface area (TPSA) is 83.5 Å². The van der Waals surface area contributed by atoms with Gasteiger partial charge in [-0.05, 0) is 18.5 Å². The van der Waals surface area contributed by atoms with E-state index >= 15 is 0 Å². The second-order valence-corrected chi connectivity index (χ2v) is 4.49. The smallest absolute Gasteiger partial charge is 0.409 e. The third-order valence-corrected chi connectivity index (χ3v) is 3.08. The lowest BCUT2D eigenvalue weighted by Crippen LogP contribution is -2.49. The molecule has 1 amide bonds. The van der Waals surface area contributed by atoms with E-state index in [1.54, 1.807) is 18.9 Å². The first-order valence-electron chi connectivity index (χ1n) is 6.40. The number of nitrogens with zero attached hydrogens (tertiary/aromatic N) is 5. The van der Waals surface area contributed by atoms with E-state index in [-0.39, 0.29) is 11.4 Å². The molecule has 1 aromatic rings. The van der Waals surface area contributed by atoms with Crippen LogP contribution in [0, 0.1) is 0 Å². The maximum absolute atomic E-state index is 11.6. The van der Waals surface area contributed by atoms with Crippen molar-refractivity contribution in [2.24, 2.45) is 0 Å². The van der Waals surface area contributed by atoms with Crippen LogP contribution in [-0.2, 0) is 4.74 Å². The Morgan fingerprint density at radius 2 is 2.00 bits per heavy atom. The normalized spacial score (nSPS) is 15.2. The van der Waals surface area contributed by atoms with Gasteiger partial charge < -0.3 is 19.9 Å². The quantitative estimate of drug-likeness (QED) is 0.885. The minimum atomic E-state index is -0.281. The van der Waals surface area contributed by atoms with E-state index in [2.05, 4.69) is 20.3 Å². The Morgan fingerprint density at radius 1 is 1.30 bits per heavy atom. The van der Waals surface area contributed by atoms with Crippen LogP contribution in [0.5, 0.6) is 0 Å². The van der Waals surface area contributed by atoms with Gasteiger partial charge in [0.15, 0.2) is 0 Å². The molecule has 0 atom stereocenters. The second-order valence-electron chi connectivity index (χ2n) is 4.15. The van der Waals surface area contributed by atoms with Gasteiger partial charge in [0.1, 0.15) is 0 Å². The van der Waals surface area contributed by atoms with Gasteiger partial charge >= 0.3 is 6.09 Å². The monoisotopic (exact) mass is 300 g/mol. The van der Waals surface area contributed by atoms with E-state index in [4.69, 9.17) is 16.3 Å². The highest BCUT2D eigenvalue weighted by Gasteiger charge is 2.23. The van der Waals surface area contributed by atoms with Crippen molar-refractivity contribution in [1.29, 1.82) is 0 Å². The minimum Gasteiger partial charge on any atom is -0.450 e. The van der Waals surface area contributed by atoms with Crippen molar-refractivity contribution in [3.63, 3.8) is 0 Å². The average molecular weight is 301 g/mol. The number of carbonyl (C=O) groups is 1. The summed E-state index contributed by atoms with van der Waals surface area (Å²) in [7, 11) is 1.72. The molecule has 20 heavy (non-hydrogen) atoms. The fraction of sp³-hybridized carbons (Fsp3) is 0.636. The van der Waals surface area contributed by atoms with Crippen molar-refractivity contribution >= 4 is 29.6 Å². The third-order valence-electron chi connectivity index (χ3n) is 2.91. The number of halogens is 1. The molecule has 0 aliphatic carbocycles. The molecule has 110 valence electrons. The molecule has 1 saturated heterocycles. The molecule has 0 aromatic carbocycles. The van der Waals surface area contributed by atoms with Crippen LogP contribution in [0.25, 0.3) is 0 Å². The van der Waals surface area contributed by atoms with Gasteiger partial charge in [-0.15, -0.1) is 0 Å². The van der Waals surface area contributed by atoms with Crippen LogP contribution in [-0.4, -0.2) is 65.8 Å². The van der Waals surface area contributed by atoms with Gasteiger partial charge in [-0.3, -0.25) is 0 Å². The summed E-state index contributed by atoms with van der Waals surface area (Å²) in [6.07, 6.45) is -0.281. The van der Waals surface area contributed by atoms with E-state index in [9.17, 15) is 4.79 Å². The van der Waals surface area contributed by atoms with Gasteiger partial charge in [-0.2, -0.15) is 15.0 Å². The number of piperazine rings is 1. The molecule has 0 saturated carbocycles. The Labute approximate surface area is 122 Å². The number of ether oxygens (including phenoxy) is 1. The Bertz CT molecular complexity index is 478. The van der Waals surface area contributed by atoms with Crippen molar-refractivity contribution < 1.29 is 9.53 Å². The molecule has 1 aliphatic rings. The van der Waals surface area contributed by atoms with Gasteiger partial charge in [0.2, 0.25) is 17.2 Å². The summed E-state index contributed by atoms with van der Waals surface area (Å²) < 4.78 is 4.97.